The molecule has 3 N–H and O–H groups in total. The van der Waals surface area contributed by atoms with Crippen LogP contribution in [0.4, 0.5) is 11.4 Å². The fourth-order valence-electron chi connectivity index (χ4n) is 1.49. The van der Waals surface area contributed by atoms with Crippen molar-refractivity contribution in [2.75, 3.05) is 17.6 Å². The van der Waals surface area contributed by atoms with Gasteiger partial charge in [-0.25, -0.2) is 0 Å². The molecule has 23 heavy (non-hydrogen) atoms. The maximum absolute atomic E-state index is 8.70. The molecule has 0 aliphatic carbocycles. The van der Waals surface area contributed by atoms with Gasteiger partial charge < -0.3 is 11.1 Å². The van der Waals surface area contributed by atoms with E-state index in [4.69, 9.17) is 21.5 Å². The van der Waals surface area contributed by atoms with Crippen LogP contribution in [0.1, 0.15) is 11.1 Å². The largest absolute Gasteiger partial charge is 0.399 e. The van der Waals surface area contributed by atoms with Crippen molar-refractivity contribution in [3.05, 3.63) is 56.5 Å². The molecular formula is C16H11Br2N5. The summed E-state index contributed by atoms with van der Waals surface area (Å²) in [6.07, 6.45) is 0. The number of hydrogen-bond acceptors (Lipinski definition) is 5. The molecule has 0 aliphatic rings. The van der Waals surface area contributed by atoms with Gasteiger partial charge in [-0.3, -0.25) is 0 Å². The fraction of sp³-hybridized carbons (Fsp3) is 0.0625. The molecule has 0 aromatic heterocycles. The van der Waals surface area contributed by atoms with E-state index in [-0.39, 0.29) is 6.54 Å². The number of benzene rings is 2. The molecule has 7 heteroatoms. The average molecular weight is 433 g/mol. The van der Waals surface area contributed by atoms with E-state index >= 15 is 0 Å². The second-order valence-corrected chi connectivity index (χ2v) is 5.88. The van der Waals surface area contributed by atoms with Crippen LogP contribution < -0.4 is 11.1 Å². The molecule has 0 radical (unpaired) electrons. The Morgan fingerprint density at radius 2 is 1.48 bits per heavy atom. The first-order chi connectivity index (χ1) is 11.0. The van der Waals surface area contributed by atoms with E-state index < -0.39 is 0 Å². The number of hydrogen-bond donors (Lipinski definition) is 2. The van der Waals surface area contributed by atoms with Crippen molar-refractivity contribution in [2.45, 2.75) is 0 Å². The Kier molecular flexibility index (Phi) is 7.63. The van der Waals surface area contributed by atoms with Crippen LogP contribution in [-0.2, 0) is 0 Å². The quantitative estimate of drug-likeness (QED) is 0.546. The highest BCUT2D eigenvalue weighted by atomic mass is 79.9. The van der Waals surface area contributed by atoms with Gasteiger partial charge in [-0.15, -0.1) is 0 Å². The third kappa shape index (κ3) is 6.00. The average Bonchev–Trinajstić information content (AvgIpc) is 2.57. The lowest BCUT2D eigenvalue weighted by Gasteiger charge is -2.02. The van der Waals surface area contributed by atoms with Crippen molar-refractivity contribution < 1.29 is 0 Å². The molecular weight excluding hydrogens is 422 g/mol. The predicted octanol–water partition coefficient (Wildman–Crippen LogP) is 4.16. The van der Waals surface area contributed by atoms with E-state index in [0.717, 1.165) is 14.6 Å². The number of halogens is 2. The zero-order chi connectivity index (χ0) is 17.2. The molecule has 5 nitrogen and oxygen atoms in total. The smallest absolute Gasteiger partial charge is 0.103 e. The van der Waals surface area contributed by atoms with Gasteiger partial charge >= 0.3 is 0 Å². The van der Waals surface area contributed by atoms with Gasteiger partial charge in [0.25, 0.3) is 0 Å². The number of nitrogen functional groups attached to an aromatic ring is 1. The lowest BCUT2D eigenvalue weighted by molar-refractivity contribution is 1.31. The Morgan fingerprint density at radius 3 is 2.00 bits per heavy atom. The van der Waals surface area contributed by atoms with Gasteiger partial charge in [-0.05, 0) is 68.3 Å². The molecule has 0 fully saturated rings. The van der Waals surface area contributed by atoms with Gasteiger partial charge in [0.2, 0.25) is 0 Å². The molecule has 2 aromatic rings. The molecule has 0 atom stereocenters. The fourth-order valence-corrected chi connectivity index (χ4v) is 2.16. The highest BCUT2D eigenvalue weighted by Crippen LogP contribution is 2.20. The lowest BCUT2D eigenvalue weighted by atomic mass is 10.2. The predicted molar refractivity (Wildman–Crippen MR) is 96.2 cm³/mol. The van der Waals surface area contributed by atoms with E-state index in [1.807, 2.05) is 24.3 Å². The van der Waals surface area contributed by atoms with Crippen LogP contribution >= 0.6 is 31.9 Å². The minimum atomic E-state index is 0.243. The standard InChI is InChI=1S/C9H6BrN3.C7H5BrN2/c10-9-2-1-8(13-4-3-11)5-7(9)6-12;8-7-2-1-6(10)3-5(7)4-9/h1-2,5,13H,4H2;1-3H,10H2. The van der Waals surface area contributed by atoms with E-state index in [1.54, 1.807) is 30.3 Å². The zero-order valence-electron chi connectivity index (χ0n) is 11.8. The van der Waals surface area contributed by atoms with Crippen LogP contribution in [0.3, 0.4) is 0 Å². The van der Waals surface area contributed by atoms with Crippen molar-refractivity contribution >= 4 is 43.2 Å². The van der Waals surface area contributed by atoms with E-state index in [9.17, 15) is 0 Å². The normalized spacial score (nSPS) is 8.65. The summed E-state index contributed by atoms with van der Waals surface area (Å²) in [6.45, 7) is 0.243. The van der Waals surface area contributed by atoms with Gasteiger partial charge in [0, 0.05) is 20.3 Å². The topological polar surface area (TPSA) is 109 Å². The van der Waals surface area contributed by atoms with Crippen molar-refractivity contribution in [1.82, 2.24) is 0 Å². The van der Waals surface area contributed by atoms with Crippen molar-refractivity contribution in [3.8, 4) is 18.2 Å². The summed E-state index contributed by atoms with van der Waals surface area (Å²) in [5.74, 6) is 0. The van der Waals surface area contributed by atoms with Gasteiger partial charge in [0.15, 0.2) is 0 Å². The molecule has 0 unspecified atom stereocenters. The highest BCUT2D eigenvalue weighted by Gasteiger charge is 1.99. The van der Waals surface area contributed by atoms with Crippen molar-refractivity contribution in [3.63, 3.8) is 0 Å². The molecule has 0 aliphatic heterocycles. The minimum absolute atomic E-state index is 0.243. The zero-order valence-corrected chi connectivity index (χ0v) is 15.0. The number of nitrogens with zero attached hydrogens (tertiary/aromatic N) is 3. The summed E-state index contributed by atoms with van der Waals surface area (Å²) in [4.78, 5) is 0. The summed E-state index contributed by atoms with van der Waals surface area (Å²) in [5.41, 5.74) is 7.95. The van der Waals surface area contributed by atoms with Crippen LogP contribution in [0, 0.1) is 34.0 Å². The van der Waals surface area contributed by atoms with Crippen LogP contribution in [0.15, 0.2) is 45.3 Å². The van der Waals surface area contributed by atoms with Crippen LogP contribution in [0.25, 0.3) is 0 Å². The molecule has 0 saturated heterocycles. The molecule has 0 heterocycles. The second-order valence-electron chi connectivity index (χ2n) is 4.17. The molecule has 2 rings (SSSR count). The summed E-state index contributed by atoms with van der Waals surface area (Å²) < 4.78 is 1.54. The number of nitriles is 3. The maximum atomic E-state index is 8.70. The van der Waals surface area contributed by atoms with Crippen LogP contribution in [0.2, 0.25) is 0 Å². The SMILES string of the molecule is N#CCNc1ccc(Br)c(C#N)c1.N#Cc1cc(N)ccc1Br. The summed E-state index contributed by atoms with van der Waals surface area (Å²) in [5, 5.41) is 28.4. The number of anilines is 2. The monoisotopic (exact) mass is 431 g/mol. The first kappa shape index (κ1) is 18.5. The summed E-state index contributed by atoms with van der Waals surface area (Å²) in [7, 11) is 0. The van der Waals surface area contributed by atoms with Gasteiger partial charge in [0.1, 0.15) is 18.7 Å². The number of nitrogens with two attached hydrogens (primary N) is 1. The van der Waals surface area contributed by atoms with Crippen molar-refractivity contribution in [2.24, 2.45) is 0 Å². The van der Waals surface area contributed by atoms with Crippen molar-refractivity contribution in [1.29, 1.82) is 15.8 Å². The Morgan fingerprint density at radius 1 is 0.913 bits per heavy atom. The minimum Gasteiger partial charge on any atom is -0.399 e. The second kappa shape index (κ2) is 9.48. The summed E-state index contributed by atoms with van der Waals surface area (Å²) >= 11 is 6.46. The molecule has 114 valence electrons. The van der Waals surface area contributed by atoms with Gasteiger partial charge in [-0.2, -0.15) is 15.8 Å². The molecule has 0 spiro atoms. The molecule has 2 aromatic carbocycles. The first-order valence-corrected chi connectivity index (χ1v) is 7.86. The Hall–Kier alpha value is -2.53. The first-order valence-electron chi connectivity index (χ1n) is 6.27. The van der Waals surface area contributed by atoms with E-state index in [1.165, 1.54) is 0 Å². The Balaban J connectivity index is 0.000000238. The van der Waals surface area contributed by atoms with E-state index in [0.29, 0.717) is 16.8 Å². The summed E-state index contributed by atoms with van der Waals surface area (Å²) in [6, 6.07) is 16.4. The highest BCUT2D eigenvalue weighted by molar-refractivity contribution is 9.10. The Bertz CT molecular complexity index is 813. The van der Waals surface area contributed by atoms with Crippen LogP contribution in [-0.4, -0.2) is 6.54 Å². The third-order valence-corrected chi connectivity index (χ3v) is 3.95. The molecule has 0 amide bonds. The maximum Gasteiger partial charge on any atom is 0.103 e. The number of nitrogens with one attached hydrogen (secondary N) is 1. The Labute approximate surface area is 151 Å². The van der Waals surface area contributed by atoms with E-state index in [2.05, 4.69) is 37.2 Å². The van der Waals surface area contributed by atoms with Crippen LogP contribution in [0.5, 0.6) is 0 Å². The lowest BCUT2D eigenvalue weighted by Crippen LogP contribution is -1.98. The van der Waals surface area contributed by atoms with Gasteiger partial charge in [-0.1, -0.05) is 0 Å². The molecule has 0 saturated carbocycles. The molecule has 0 bridgehead atoms. The third-order valence-electron chi connectivity index (χ3n) is 2.57. The number of rotatable bonds is 2. The van der Waals surface area contributed by atoms with Gasteiger partial charge in [0.05, 0.1) is 17.2 Å².